The highest BCUT2D eigenvalue weighted by Crippen LogP contribution is 2.32. The molecular weight excluding hydrogens is 326 g/mol. The van der Waals surface area contributed by atoms with Crippen molar-refractivity contribution in [2.24, 2.45) is 0 Å². The maximum absolute atomic E-state index is 13.0. The van der Waals surface area contributed by atoms with Crippen LogP contribution in [0.4, 0.5) is 5.69 Å². The van der Waals surface area contributed by atoms with Crippen LogP contribution in [0.2, 0.25) is 0 Å². The Morgan fingerprint density at radius 2 is 1.83 bits per heavy atom. The first-order valence-electron chi connectivity index (χ1n) is 7.45. The number of benzene rings is 2. The molecule has 2 aromatic carbocycles. The molecule has 0 aliphatic rings. The van der Waals surface area contributed by atoms with Gasteiger partial charge in [0, 0.05) is 25.2 Å². The van der Waals surface area contributed by atoms with E-state index in [1.54, 1.807) is 12.1 Å². The minimum atomic E-state index is -0.347. The first-order valence-corrected chi connectivity index (χ1v) is 7.98. The highest BCUT2D eigenvalue weighted by molar-refractivity contribution is 6.18. The maximum Gasteiger partial charge on any atom is 0.205 e. The predicted molar refractivity (Wildman–Crippen MR) is 97.2 cm³/mol. The Balaban J connectivity index is 2.49. The monoisotopic (exact) mass is 341 g/mol. The van der Waals surface area contributed by atoms with Gasteiger partial charge in [0.1, 0.15) is 16.9 Å². The topological polar surface area (TPSA) is 50.5 Å². The first kappa shape index (κ1) is 16.3. The number of carbonyl (C=O) groups excluding carboxylic acids is 1. The number of hydrogen-bond donors (Lipinski definition) is 0. The van der Waals surface area contributed by atoms with Crippen LogP contribution in [0.25, 0.3) is 22.3 Å². The van der Waals surface area contributed by atoms with Crippen molar-refractivity contribution in [2.75, 3.05) is 19.0 Å². The smallest absolute Gasteiger partial charge is 0.205 e. The van der Waals surface area contributed by atoms with Crippen molar-refractivity contribution < 1.29 is 9.21 Å². The van der Waals surface area contributed by atoms with Crippen molar-refractivity contribution in [3.8, 4) is 11.3 Å². The second-order valence-electron chi connectivity index (χ2n) is 5.63. The van der Waals surface area contributed by atoms with E-state index < -0.39 is 0 Å². The van der Waals surface area contributed by atoms with Crippen LogP contribution in [-0.4, -0.2) is 20.4 Å². The van der Waals surface area contributed by atoms with E-state index >= 15 is 0 Å². The quantitative estimate of drug-likeness (QED) is 0.530. The first-order chi connectivity index (χ1) is 11.6. The Bertz CT molecular complexity index is 962. The minimum absolute atomic E-state index is 0.0172. The molecule has 122 valence electrons. The number of alkyl halides is 1. The van der Waals surface area contributed by atoms with E-state index in [1.807, 2.05) is 49.3 Å². The third-order valence-electron chi connectivity index (χ3n) is 3.92. The molecule has 24 heavy (non-hydrogen) atoms. The van der Waals surface area contributed by atoms with Gasteiger partial charge in [-0.1, -0.05) is 36.4 Å². The molecule has 0 unspecified atom stereocenters. The molecule has 0 saturated carbocycles. The number of aldehydes is 1. The number of anilines is 1. The molecule has 0 amide bonds. The number of halogens is 1. The zero-order chi connectivity index (χ0) is 17.3. The molecule has 0 saturated heterocycles. The summed E-state index contributed by atoms with van der Waals surface area (Å²) in [5.41, 5.74) is 2.17. The Morgan fingerprint density at radius 3 is 2.42 bits per heavy atom. The SMILES string of the molecule is CN(C)c1ccc(CCl)c2oc(-c3ccccc3)c(C=O)c(=O)c12. The fraction of sp³-hybridized carbons (Fsp3) is 0.158. The highest BCUT2D eigenvalue weighted by Gasteiger charge is 2.20. The van der Waals surface area contributed by atoms with Gasteiger partial charge in [0.2, 0.25) is 5.43 Å². The van der Waals surface area contributed by atoms with Crippen LogP contribution in [0.15, 0.2) is 51.7 Å². The van der Waals surface area contributed by atoms with Crippen LogP contribution >= 0.6 is 11.6 Å². The van der Waals surface area contributed by atoms with Gasteiger partial charge in [0.15, 0.2) is 6.29 Å². The summed E-state index contributed by atoms with van der Waals surface area (Å²) in [4.78, 5) is 26.4. The summed E-state index contributed by atoms with van der Waals surface area (Å²) in [5.74, 6) is 0.479. The molecule has 0 aliphatic carbocycles. The average Bonchev–Trinajstić information content (AvgIpc) is 2.61. The van der Waals surface area contributed by atoms with E-state index in [1.165, 1.54) is 0 Å². The molecule has 0 N–H and O–H groups in total. The van der Waals surface area contributed by atoms with Crippen molar-refractivity contribution in [3.63, 3.8) is 0 Å². The van der Waals surface area contributed by atoms with Gasteiger partial charge >= 0.3 is 0 Å². The van der Waals surface area contributed by atoms with Crippen molar-refractivity contribution >= 4 is 34.5 Å². The molecule has 5 heteroatoms. The molecule has 0 fully saturated rings. The largest absolute Gasteiger partial charge is 0.455 e. The van der Waals surface area contributed by atoms with Gasteiger partial charge in [-0.2, -0.15) is 0 Å². The minimum Gasteiger partial charge on any atom is -0.455 e. The molecule has 0 atom stereocenters. The summed E-state index contributed by atoms with van der Waals surface area (Å²) in [5, 5.41) is 0.375. The van der Waals surface area contributed by atoms with Gasteiger partial charge in [0.25, 0.3) is 0 Å². The highest BCUT2D eigenvalue weighted by atomic mass is 35.5. The summed E-state index contributed by atoms with van der Waals surface area (Å²) in [7, 11) is 3.67. The van der Waals surface area contributed by atoms with Crippen molar-refractivity contribution in [3.05, 3.63) is 63.8 Å². The van der Waals surface area contributed by atoms with E-state index in [0.29, 0.717) is 34.1 Å². The Hall–Kier alpha value is -2.59. The molecule has 0 radical (unpaired) electrons. The molecule has 1 aromatic heterocycles. The van der Waals surface area contributed by atoms with Crippen molar-refractivity contribution in [2.45, 2.75) is 5.88 Å². The fourth-order valence-corrected chi connectivity index (χ4v) is 2.95. The Morgan fingerprint density at radius 1 is 1.12 bits per heavy atom. The molecule has 0 bridgehead atoms. The Kier molecular flexibility index (Phi) is 4.40. The standard InChI is InChI=1S/C19H16ClNO3/c1-21(2)15-9-8-13(10-20)19-16(15)17(23)14(11-22)18(24-19)12-6-4-3-5-7-12/h3-9,11H,10H2,1-2H3. The lowest BCUT2D eigenvalue weighted by Gasteiger charge is -2.17. The lowest BCUT2D eigenvalue weighted by Crippen LogP contribution is -2.17. The summed E-state index contributed by atoms with van der Waals surface area (Å²) >= 11 is 6.02. The molecular formula is C19H16ClNO3. The van der Waals surface area contributed by atoms with Gasteiger partial charge in [-0.15, -0.1) is 11.6 Å². The van der Waals surface area contributed by atoms with Gasteiger partial charge in [0.05, 0.1) is 17.0 Å². The average molecular weight is 342 g/mol. The number of rotatable bonds is 4. The molecule has 0 aliphatic heterocycles. The molecule has 3 aromatic rings. The summed E-state index contributed by atoms with van der Waals surface area (Å²) in [6.07, 6.45) is 0.556. The lowest BCUT2D eigenvalue weighted by atomic mass is 10.0. The molecule has 0 spiro atoms. The summed E-state index contributed by atoms with van der Waals surface area (Å²) in [6, 6.07) is 12.8. The summed E-state index contributed by atoms with van der Waals surface area (Å²) < 4.78 is 6.02. The van der Waals surface area contributed by atoms with Gasteiger partial charge in [-0.25, -0.2) is 0 Å². The van der Waals surface area contributed by atoms with Crippen LogP contribution in [-0.2, 0) is 5.88 Å². The molecule has 1 heterocycles. The Labute approximate surface area is 144 Å². The lowest BCUT2D eigenvalue weighted by molar-refractivity contribution is 0.112. The van der Waals surface area contributed by atoms with Gasteiger partial charge in [-0.3, -0.25) is 9.59 Å². The van der Waals surface area contributed by atoms with Crippen LogP contribution in [0, 0.1) is 0 Å². The normalized spacial score (nSPS) is 10.8. The van der Waals surface area contributed by atoms with E-state index in [9.17, 15) is 9.59 Å². The zero-order valence-corrected chi connectivity index (χ0v) is 14.1. The van der Waals surface area contributed by atoms with Crippen LogP contribution in [0.3, 0.4) is 0 Å². The van der Waals surface area contributed by atoms with Crippen molar-refractivity contribution in [1.82, 2.24) is 0 Å². The number of hydrogen-bond acceptors (Lipinski definition) is 4. The van der Waals surface area contributed by atoms with E-state index in [2.05, 4.69) is 0 Å². The number of fused-ring (bicyclic) bond motifs is 1. The maximum atomic E-state index is 13.0. The predicted octanol–water partition coefficient (Wildman–Crippen LogP) is 4.08. The van der Waals surface area contributed by atoms with E-state index in [0.717, 1.165) is 0 Å². The van der Waals surface area contributed by atoms with Crippen molar-refractivity contribution in [1.29, 1.82) is 0 Å². The van der Waals surface area contributed by atoms with Crippen LogP contribution < -0.4 is 10.3 Å². The van der Waals surface area contributed by atoms with Gasteiger partial charge < -0.3 is 9.32 Å². The van der Waals surface area contributed by atoms with E-state index in [-0.39, 0.29) is 22.6 Å². The molecule has 3 rings (SSSR count). The number of carbonyl (C=O) groups is 1. The van der Waals surface area contributed by atoms with E-state index in [4.69, 9.17) is 16.0 Å². The fourth-order valence-electron chi connectivity index (χ4n) is 2.74. The second kappa shape index (κ2) is 6.49. The second-order valence-corrected chi connectivity index (χ2v) is 5.90. The third kappa shape index (κ3) is 2.59. The van der Waals surface area contributed by atoms with Gasteiger partial charge in [-0.05, 0) is 6.07 Å². The molecule has 4 nitrogen and oxygen atoms in total. The number of nitrogens with zero attached hydrogens (tertiary/aromatic N) is 1. The van der Waals surface area contributed by atoms with Crippen LogP contribution in [0.1, 0.15) is 15.9 Å². The van der Waals surface area contributed by atoms with Crippen LogP contribution in [0.5, 0.6) is 0 Å². The summed E-state index contributed by atoms with van der Waals surface area (Å²) in [6.45, 7) is 0. The third-order valence-corrected chi connectivity index (χ3v) is 4.21. The zero-order valence-electron chi connectivity index (χ0n) is 13.4.